The Morgan fingerprint density at radius 3 is 2.48 bits per heavy atom. The Balaban J connectivity index is 1.97. The van der Waals surface area contributed by atoms with E-state index in [0.717, 1.165) is 0 Å². The third-order valence-electron chi connectivity index (χ3n) is 4.06. The van der Waals surface area contributed by atoms with E-state index in [1.807, 2.05) is 0 Å². The summed E-state index contributed by atoms with van der Waals surface area (Å²) < 4.78 is 6.12. The predicted octanol–water partition coefficient (Wildman–Crippen LogP) is 2.33. The Hall–Kier alpha value is -3.61. The van der Waals surface area contributed by atoms with E-state index in [1.165, 1.54) is 11.6 Å². The van der Waals surface area contributed by atoms with E-state index in [1.54, 1.807) is 48.5 Å². The second kappa shape index (κ2) is 5.48. The fraction of sp³-hybridized carbons (Fsp3) is 0.0556. The van der Waals surface area contributed by atoms with Gasteiger partial charge in [-0.25, -0.2) is 9.31 Å². The molecule has 25 heavy (non-hydrogen) atoms. The minimum absolute atomic E-state index is 0.181. The molecule has 2 heterocycles. The van der Waals surface area contributed by atoms with Crippen LogP contribution < -0.4 is 5.56 Å². The molecule has 0 radical (unpaired) electrons. The van der Waals surface area contributed by atoms with Crippen LogP contribution in [0.5, 0.6) is 5.88 Å². The Kier molecular flexibility index (Phi) is 3.28. The topological polar surface area (TPSA) is 96.7 Å². The second-order valence-electron chi connectivity index (χ2n) is 5.50. The Labute approximate surface area is 141 Å². The van der Waals surface area contributed by atoms with Gasteiger partial charge in [0.2, 0.25) is 5.88 Å². The van der Waals surface area contributed by atoms with Crippen molar-refractivity contribution in [2.45, 2.75) is 0 Å². The highest BCUT2D eigenvalue weighted by molar-refractivity contribution is 5.98. The van der Waals surface area contributed by atoms with Gasteiger partial charge in [0.1, 0.15) is 5.52 Å². The second-order valence-corrected chi connectivity index (χ2v) is 5.50. The minimum atomic E-state index is -0.443. The molecule has 4 rings (SSSR count). The molecule has 0 saturated heterocycles. The number of aromatic nitrogens is 3. The Bertz CT molecular complexity index is 1170. The number of aromatic amines is 1. The zero-order valence-electron chi connectivity index (χ0n) is 13.2. The molecule has 0 saturated carbocycles. The number of ether oxygens (including phenoxy) is 1. The van der Waals surface area contributed by atoms with Crippen LogP contribution in [0.1, 0.15) is 10.4 Å². The molecule has 0 aliphatic carbocycles. The number of carbonyl (C=O) groups is 1. The highest BCUT2D eigenvalue weighted by atomic mass is 16.5. The molecule has 0 spiro atoms. The number of benzene rings is 2. The van der Waals surface area contributed by atoms with Gasteiger partial charge in [-0.15, -0.1) is 0 Å². The maximum absolute atomic E-state index is 12.3. The number of nitrogens with zero attached hydrogens (tertiary/aromatic N) is 2. The fourth-order valence-electron chi connectivity index (χ4n) is 2.88. The van der Waals surface area contributed by atoms with Gasteiger partial charge in [-0.3, -0.25) is 9.89 Å². The van der Waals surface area contributed by atoms with Gasteiger partial charge in [-0.05, 0) is 18.2 Å². The van der Waals surface area contributed by atoms with Gasteiger partial charge in [0, 0.05) is 10.9 Å². The first-order chi connectivity index (χ1) is 12.1. The number of imidazole rings is 1. The number of hydrogen-bond acceptors (Lipinski definition) is 5. The average Bonchev–Trinajstić information content (AvgIpc) is 2.98. The molecule has 0 bridgehead atoms. The molecule has 0 amide bonds. The summed E-state index contributed by atoms with van der Waals surface area (Å²) in [6, 6.07) is 13.5. The third kappa shape index (κ3) is 2.25. The van der Waals surface area contributed by atoms with Gasteiger partial charge in [0.05, 0.1) is 18.1 Å². The smallest absolute Gasteiger partial charge is 0.337 e. The van der Waals surface area contributed by atoms with Crippen molar-refractivity contribution >= 4 is 22.3 Å². The Morgan fingerprint density at radius 1 is 1.12 bits per heavy atom. The standard InChI is InChI=1S/C18H13N3O4/c1-25-18(24)11-8-6-10(7-9-11)15-19-17(23)14-12-4-2-3-5-13(12)16(22)20-21(14)15/h2-9,23H,1H3,(H,20,22). The van der Waals surface area contributed by atoms with Crippen LogP contribution in [-0.4, -0.2) is 32.8 Å². The quantitative estimate of drug-likeness (QED) is 0.548. The van der Waals surface area contributed by atoms with Crippen molar-refractivity contribution in [3.05, 3.63) is 64.4 Å². The maximum atomic E-state index is 12.3. The lowest BCUT2D eigenvalue weighted by atomic mass is 10.1. The zero-order chi connectivity index (χ0) is 17.6. The van der Waals surface area contributed by atoms with E-state index in [4.69, 9.17) is 0 Å². The lowest BCUT2D eigenvalue weighted by Gasteiger charge is -2.04. The number of aromatic hydroxyl groups is 1. The summed E-state index contributed by atoms with van der Waals surface area (Å²) in [4.78, 5) is 28.0. The van der Waals surface area contributed by atoms with E-state index < -0.39 is 5.97 Å². The Morgan fingerprint density at radius 2 is 1.80 bits per heavy atom. The van der Waals surface area contributed by atoms with Gasteiger partial charge in [-0.1, -0.05) is 30.3 Å². The molecule has 0 atom stereocenters. The summed E-state index contributed by atoms with van der Waals surface area (Å²) in [7, 11) is 1.31. The van der Waals surface area contributed by atoms with Crippen molar-refractivity contribution in [1.82, 2.24) is 14.6 Å². The van der Waals surface area contributed by atoms with Gasteiger partial charge < -0.3 is 9.84 Å². The number of carbonyl (C=O) groups excluding carboxylic acids is 1. The van der Waals surface area contributed by atoms with Crippen LogP contribution in [0.15, 0.2) is 53.3 Å². The van der Waals surface area contributed by atoms with E-state index in [0.29, 0.717) is 33.2 Å². The van der Waals surface area contributed by atoms with E-state index in [2.05, 4.69) is 14.8 Å². The summed E-state index contributed by atoms with van der Waals surface area (Å²) in [6.45, 7) is 0. The number of esters is 1. The summed E-state index contributed by atoms with van der Waals surface area (Å²) in [5.74, 6) is -0.256. The van der Waals surface area contributed by atoms with Crippen molar-refractivity contribution in [2.24, 2.45) is 0 Å². The molecule has 0 fully saturated rings. The van der Waals surface area contributed by atoms with E-state index >= 15 is 0 Å². The van der Waals surface area contributed by atoms with Crippen molar-refractivity contribution in [3.63, 3.8) is 0 Å². The molecule has 7 heteroatoms. The van der Waals surface area contributed by atoms with Crippen molar-refractivity contribution < 1.29 is 14.6 Å². The van der Waals surface area contributed by atoms with Crippen LogP contribution in [0.3, 0.4) is 0 Å². The fourth-order valence-corrected chi connectivity index (χ4v) is 2.88. The number of methoxy groups -OCH3 is 1. The summed E-state index contributed by atoms with van der Waals surface area (Å²) in [5.41, 5.74) is 1.17. The van der Waals surface area contributed by atoms with Gasteiger partial charge in [0.15, 0.2) is 5.82 Å². The number of fused-ring (bicyclic) bond motifs is 3. The first-order valence-corrected chi connectivity index (χ1v) is 7.51. The molecule has 0 unspecified atom stereocenters. The lowest BCUT2D eigenvalue weighted by molar-refractivity contribution is 0.0600. The van der Waals surface area contributed by atoms with Crippen molar-refractivity contribution in [1.29, 1.82) is 0 Å². The molecule has 0 aliphatic rings. The summed E-state index contributed by atoms with van der Waals surface area (Å²) in [5, 5.41) is 14.1. The van der Waals surface area contributed by atoms with E-state index in [-0.39, 0.29) is 11.4 Å². The molecule has 2 aromatic heterocycles. The molecule has 0 aliphatic heterocycles. The number of H-pyrrole nitrogens is 1. The van der Waals surface area contributed by atoms with Crippen LogP contribution in [0, 0.1) is 0 Å². The SMILES string of the molecule is COC(=O)c1ccc(-c2nc(O)c3c4ccccc4c(=O)[nH]n23)cc1. The first kappa shape index (κ1) is 14.9. The van der Waals surface area contributed by atoms with Crippen LogP contribution in [-0.2, 0) is 4.74 Å². The van der Waals surface area contributed by atoms with Crippen LogP contribution >= 0.6 is 0 Å². The molecule has 4 aromatic rings. The maximum Gasteiger partial charge on any atom is 0.337 e. The normalized spacial score (nSPS) is 11.1. The summed E-state index contributed by atoms with van der Waals surface area (Å²) in [6.07, 6.45) is 0. The molecular weight excluding hydrogens is 322 g/mol. The van der Waals surface area contributed by atoms with Crippen LogP contribution in [0.4, 0.5) is 0 Å². The largest absolute Gasteiger partial charge is 0.492 e. The van der Waals surface area contributed by atoms with Crippen LogP contribution in [0.25, 0.3) is 27.7 Å². The van der Waals surface area contributed by atoms with Gasteiger partial charge in [0.25, 0.3) is 5.56 Å². The molecule has 2 N–H and O–H groups in total. The third-order valence-corrected chi connectivity index (χ3v) is 4.06. The molecule has 124 valence electrons. The van der Waals surface area contributed by atoms with Crippen LogP contribution in [0.2, 0.25) is 0 Å². The minimum Gasteiger partial charge on any atom is -0.492 e. The number of rotatable bonds is 2. The molecular formula is C18H13N3O4. The lowest BCUT2D eigenvalue weighted by Crippen LogP contribution is -2.12. The molecule has 7 nitrogen and oxygen atoms in total. The molecule has 2 aromatic carbocycles. The van der Waals surface area contributed by atoms with Crippen molar-refractivity contribution in [2.75, 3.05) is 7.11 Å². The average molecular weight is 335 g/mol. The van der Waals surface area contributed by atoms with Gasteiger partial charge >= 0.3 is 5.97 Å². The number of hydrogen-bond donors (Lipinski definition) is 2. The van der Waals surface area contributed by atoms with Gasteiger partial charge in [-0.2, -0.15) is 4.98 Å². The zero-order valence-corrected chi connectivity index (χ0v) is 13.2. The van der Waals surface area contributed by atoms with E-state index in [9.17, 15) is 14.7 Å². The predicted molar refractivity (Wildman–Crippen MR) is 91.8 cm³/mol. The highest BCUT2D eigenvalue weighted by Gasteiger charge is 2.17. The number of nitrogens with one attached hydrogen (secondary N) is 1. The van der Waals surface area contributed by atoms with Crippen molar-refractivity contribution in [3.8, 4) is 17.3 Å². The highest BCUT2D eigenvalue weighted by Crippen LogP contribution is 2.29. The first-order valence-electron chi connectivity index (χ1n) is 7.51. The monoisotopic (exact) mass is 335 g/mol. The summed E-state index contributed by atoms with van der Waals surface area (Å²) >= 11 is 0.